The average molecular weight is 213 g/mol. The monoisotopic (exact) mass is 213 g/mol. The van der Waals surface area contributed by atoms with Crippen LogP contribution in [-0.4, -0.2) is 28.7 Å². The molecule has 0 aromatic carbocycles. The second kappa shape index (κ2) is 7.61. The second-order valence-corrected chi connectivity index (χ2v) is 3.00. The first kappa shape index (κ1) is 13.2. The van der Waals surface area contributed by atoms with Gasteiger partial charge in [0.05, 0.1) is 0 Å². The fraction of sp³-hybridized carbons (Fsp3) is 0.400. The topological polar surface area (TPSA) is 86.6 Å². The standard InChI is InChI=1S/C6H11N.C4H4O4/c1-6-4-2-3-5-7-6;5-3(6)1-2-4(7)8/h7H,1-5H2;1-2H,(H,5,6)(H,7,8). The molecule has 3 N–H and O–H groups in total. The first-order chi connectivity index (χ1) is 7.02. The first-order valence-corrected chi connectivity index (χ1v) is 4.58. The van der Waals surface area contributed by atoms with Crippen molar-refractivity contribution < 1.29 is 19.8 Å². The molecule has 84 valence electrons. The minimum absolute atomic E-state index is 0.558. The number of nitrogens with one attached hydrogen (secondary N) is 1. The van der Waals surface area contributed by atoms with Crippen molar-refractivity contribution in [3.8, 4) is 0 Å². The van der Waals surface area contributed by atoms with Crippen LogP contribution in [0.15, 0.2) is 24.4 Å². The number of allylic oxidation sites excluding steroid dienone is 1. The Hall–Kier alpha value is -1.78. The smallest absolute Gasteiger partial charge is 0.328 e. The van der Waals surface area contributed by atoms with E-state index >= 15 is 0 Å². The Morgan fingerprint density at radius 1 is 1.20 bits per heavy atom. The number of hydrogen-bond acceptors (Lipinski definition) is 3. The van der Waals surface area contributed by atoms with Crippen LogP contribution in [0.1, 0.15) is 19.3 Å². The average Bonchev–Trinajstić information content (AvgIpc) is 2.17. The number of aliphatic carboxylic acids is 2. The van der Waals surface area contributed by atoms with E-state index in [0.29, 0.717) is 12.2 Å². The van der Waals surface area contributed by atoms with Gasteiger partial charge in [-0.05, 0) is 19.3 Å². The Morgan fingerprint density at radius 2 is 1.73 bits per heavy atom. The van der Waals surface area contributed by atoms with Crippen molar-refractivity contribution in [3.05, 3.63) is 24.4 Å². The fourth-order valence-corrected chi connectivity index (χ4v) is 0.960. The Balaban J connectivity index is 0.000000262. The predicted octanol–water partition coefficient (Wildman–Crippen LogP) is 0.985. The van der Waals surface area contributed by atoms with E-state index in [1.54, 1.807) is 0 Å². The lowest BCUT2D eigenvalue weighted by molar-refractivity contribution is -0.134. The minimum atomic E-state index is -1.26. The van der Waals surface area contributed by atoms with Gasteiger partial charge < -0.3 is 15.5 Å². The number of carbonyl (C=O) groups is 2. The van der Waals surface area contributed by atoms with E-state index in [9.17, 15) is 9.59 Å². The van der Waals surface area contributed by atoms with Crippen molar-refractivity contribution in [2.45, 2.75) is 19.3 Å². The van der Waals surface area contributed by atoms with Crippen LogP contribution < -0.4 is 5.32 Å². The van der Waals surface area contributed by atoms with Gasteiger partial charge in [-0.25, -0.2) is 9.59 Å². The summed E-state index contributed by atoms with van der Waals surface area (Å²) in [6, 6.07) is 0. The summed E-state index contributed by atoms with van der Waals surface area (Å²) >= 11 is 0. The maximum atomic E-state index is 9.55. The van der Waals surface area contributed by atoms with Crippen molar-refractivity contribution in [1.82, 2.24) is 5.32 Å². The Bertz CT molecular complexity index is 247. The van der Waals surface area contributed by atoms with Crippen LogP contribution in [0.5, 0.6) is 0 Å². The van der Waals surface area contributed by atoms with Crippen LogP contribution >= 0.6 is 0 Å². The molecule has 0 spiro atoms. The number of carboxylic acid groups (broad SMARTS) is 2. The van der Waals surface area contributed by atoms with Gasteiger partial charge in [0.1, 0.15) is 0 Å². The minimum Gasteiger partial charge on any atom is -0.478 e. The molecule has 0 bridgehead atoms. The fourth-order valence-electron chi connectivity index (χ4n) is 0.960. The van der Waals surface area contributed by atoms with Gasteiger partial charge in [-0.1, -0.05) is 6.58 Å². The molecule has 0 aliphatic carbocycles. The molecule has 0 unspecified atom stereocenters. The molecule has 0 aromatic rings. The molecular weight excluding hydrogens is 198 g/mol. The molecule has 1 rings (SSSR count). The number of carboxylic acids is 2. The summed E-state index contributed by atoms with van der Waals surface area (Å²) in [4.78, 5) is 19.1. The van der Waals surface area contributed by atoms with E-state index in [0.717, 1.165) is 6.54 Å². The van der Waals surface area contributed by atoms with Crippen molar-refractivity contribution in [3.63, 3.8) is 0 Å². The zero-order valence-corrected chi connectivity index (χ0v) is 8.40. The third-order valence-corrected chi connectivity index (χ3v) is 1.65. The summed E-state index contributed by atoms with van der Waals surface area (Å²) in [5, 5.41) is 18.8. The van der Waals surface area contributed by atoms with Crippen molar-refractivity contribution in [2.24, 2.45) is 0 Å². The van der Waals surface area contributed by atoms with Crippen LogP contribution in [0, 0.1) is 0 Å². The lowest BCUT2D eigenvalue weighted by Gasteiger charge is -2.13. The SMILES string of the molecule is C=C1CCCCN1.O=C(O)C=CC(=O)O. The molecule has 1 aliphatic heterocycles. The zero-order chi connectivity index (χ0) is 11.7. The molecule has 1 saturated heterocycles. The highest BCUT2D eigenvalue weighted by molar-refractivity contribution is 5.89. The zero-order valence-electron chi connectivity index (χ0n) is 8.40. The Morgan fingerprint density at radius 3 is 1.93 bits per heavy atom. The van der Waals surface area contributed by atoms with Gasteiger partial charge in [0.2, 0.25) is 0 Å². The quantitative estimate of drug-likeness (QED) is 0.595. The molecule has 0 aromatic heterocycles. The molecular formula is C10H15NO4. The van der Waals surface area contributed by atoms with Crippen LogP contribution in [0.25, 0.3) is 0 Å². The largest absolute Gasteiger partial charge is 0.478 e. The molecule has 15 heavy (non-hydrogen) atoms. The molecule has 5 heteroatoms. The summed E-state index contributed by atoms with van der Waals surface area (Å²) < 4.78 is 0. The molecule has 0 amide bonds. The van der Waals surface area contributed by atoms with Crippen LogP contribution in [0.4, 0.5) is 0 Å². The van der Waals surface area contributed by atoms with Gasteiger partial charge in [-0.3, -0.25) is 0 Å². The molecule has 5 nitrogen and oxygen atoms in total. The third kappa shape index (κ3) is 10.1. The van der Waals surface area contributed by atoms with E-state index in [2.05, 4.69) is 11.9 Å². The van der Waals surface area contributed by atoms with Gasteiger partial charge in [0, 0.05) is 24.4 Å². The third-order valence-electron chi connectivity index (χ3n) is 1.65. The molecule has 0 atom stereocenters. The molecule has 1 heterocycles. The van der Waals surface area contributed by atoms with Crippen molar-refractivity contribution in [1.29, 1.82) is 0 Å². The van der Waals surface area contributed by atoms with Crippen molar-refractivity contribution >= 4 is 11.9 Å². The van der Waals surface area contributed by atoms with Crippen LogP contribution in [0.2, 0.25) is 0 Å². The lowest BCUT2D eigenvalue weighted by Crippen LogP contribution is -2.18. The van der Waals surface area contributed by atoms with E-state index in [-0.39, 0.29) is 0 Å². The summed E-state index contributed by atoms with van der Waals surface area (Å²) in [6.07, 6.45) is 4.94. The molecule has 0 saturated carbocycles. The van der Waals surface area contributed by atoms with Gasteiger partial charge in [0.15, 0.2) is 0 Å². The van der Waals surface area contributed by atoms with E-state index in [4.69, 9.17) is 10.2 Å². The maximum Gasteiger partial charge on any atom is 0.328 e. The van der Waals surface area contributed by atoms with E-state index in [1.165, 1.54) is 25.0 Å². The van der Waals surface area contributed by atoms with Crippen LogP contribution in [-0.2, 0) is 9.59 Å². The van der Waals surface area contributed by atoms with E-state index in [1.807, 2.05) is 0 Å². The Labute approximate surface area is 88.1 Å². The normalized spacial score (nSPS) is 15.1. The van der Waals surface area contributed by atoms with Gasteiger partial charge >= 0.3 is 11.9 Å². The van der Waals surface area contributed by atoms with Gasteiger partial charge in [-0.2, -0.15) is 0 Å². The number of hydrogen-bond donors (Lipinski definition) is 3. The highest BCUT2D eigenvalue weighted by atomic mass is 16.4. The summed E-state index contributed by atoms with van der Waals surface area (Å²) in [5.41, 5.74) is 1.21. The van der Waals surface area contributed by atoms with Crippen molar-refractivity contribution in [2.75, 3.05) is 6.54 Å². The molecule has 1 aliphatic rings. The summed E-state index contributed by atoms with van der Waals surface area (Å²) in [6.45, 7) is 4.94. The molecule has 0 radical (unpaired) electrons. The number of rotatable bonds is 2. The lowest BCUT2D eigenvalue weighted by atomic mass is 10.1. The van der Waals surface area contributed by atoms with Gasteiger partial charge in [-0.15, -0.1) is 0 Å². The van der Waals surface area contributed by atoms with Gasteiger partial charge in [0.25, 0.3) is 0 Å². The highest BCUT2D eigenvalue weighted by Gasteiger charge is 1.98. The maximum absolute atomic E-state index is 9.55. The number of piperidine rings is 1. The first-order valence-electron chi connectivity index (χ1n) is 4.58. The highest BCUT2D eigenvalue weighted by Crippen LogP contribution is 2.06. The van der Waals surface area contributed by atoms with Crippen LogP contribution in [0.3, 0.4) is 0 Å². The summed E-state index contributed by atoms with van der Waals surface area (Å²) in [7, 11) is 0. The van der Waals surface area contributed by atoms with E-state index < -0.39 is 11.9 Å². The second-order valence-electron chi connectivity index (χ2n) is 3.00. The predicted molar refractivity (Wildman–Crippen MR) is 55.4 cm³/mol. The summed E-state index contributed by atoms with van der Waals surface area (Å²) in [5.74, 6) is -2.51. The molecule has 1 fully saturated rings. The Kier molecular flexibility index (Phi) is 6.70.